The lowest BCUT2D eigenvalue weighted by atomic mass is 9.88. The summed E-state index contributed by atoms with van der Waals surface area (Å²) in [7, 11) is 0. The van der Waals surface area contributed by atoms with Crippen molar-refractivity contribution >= 4 is 17.2 Å². The van der Waals surface area contributed by atoms with E-state index >= 15 is 0 Å². The van der Waals surface area contributed by atoms with Crippen molar-refractivity contribution in [3.8, 4) is 0 Å². The number of nitrogens with zero attached hydrogens (tertiary/aromatic N) is 2. The van der Waals surface area contributed by atoms with Crippen LogP contribution in [-0.4, -0.2) is 41.9 Å². The number of hydrogen-bond acceptors (Lipinski definition) is 3. The summed E-state index contributed by atoms with van der Waals surface area (Å²) >= 11 is 1.81. The van der Waals surface area contributed by atoms with Gasteiger partial charge in [-0.1, -0.05) is 39.8 Å². The third kappa shape index (κ3) is 5.70. The molecule has 0 N–H and O–H groups in total. The molecule has 0 bridgehead atoms. The zero-order valence-corrected chi connectivity index (χ0v) is 19.7. The molecule has 1 fully saturated rings. The molecule has 5 heteroatoms. The van der Waals surface area contributed by atoms with Gasteiger partial charge >= 0.3 is 0 Å². The van der Waals surface area contributed by atoms with E-state index in [9.17, 15) is 9.18 Å². The van der Waals surface area contributed by atoms with Crippen LogP contribution in [0.1, 0.15) is 49.6 Å². The number of carbonyl (C=O) groups is 1. The van der Waals surface area contributed by atoms with Crippen molar-refractivity contribution < 1.29 is 9.18 Å². The number of amides is 1. The predicted octanol–water partition coefficient (Wildman–Crippen LogP) is 5.55. The van der Waals surface area contributed by atoms with Crippen molar-refractivity contribution in [1.29, 1.82) is 0 Å². The summed E-state index contributed by atoms with van der Waals surface area (Å²) in [5.74, 6) is 1.12. The van der Waals surface area contributed by atoms with E-state index < -0.39 is 0 Å². The van der Waals surface area contributed by atoms with Gasteiger partial charge in [-0.2, -0.15) is 0 Å². The summed E-state index contributed by atoms with van der Waals surface area (Å²) in [5, 5.41) is 2.15. The van der Waals surface area contributed by atoms with Crippen molar-refractivity contribution in [1.82, 2.24) is 9.80 Å². The quantitative estimate of drug-likeness (QED) is 0.548. The molecule has 0 spiro atoms. The van der Waals surface area contributed by atoms with E-state index in [-0.39, 0.29) is 17.6 Å². The number of hydrogen-bond donors (Lipinski definition) is 0. The average molecular weight is 431 g/mol. The number of benzene rings is 1. The normalized spacial score (nSPS) is 19.7. The maximum Gasteiger partial charge on any atom is 0.225 e. The van der Waals surface area contributed by atoms with Crippen LogP contribution < -0.4 is 0 Å². The second-order valence-electron chi connectivity index (χ2n) is 9.43. The van der Waals surface area contributed by atoms with Crippen molar-refractivity contribution in [3.05, 3.63) is 57.5 Å². The van der Waals surface area contributed by atoms with Gasteiger partial charge in [0.05, 0.1) is 0 Å². The minimum atomic E-state index is -0.198. The molecule has 2 heterocycles. The molecule has 0 radical (unpaired) electrons. The van der Waals surface area contributed by atoms with Gasteiger partial charge in [-0.3, -0.25) is 9.69 Å². The molecule has 30 heavy (non-hydrogen) atoms. The van der Waals surface area contributed by atoms with E-state index in [2.05, 4.69) is 42.0 Å². The number of rotatable bonds is 8. The fourth-order valence-electron chi connectivity index (χ4n) is 4.47. The highest BCUT2D eigenvalue weighted by molar-refractivity contribution is 7.10. The number of aryl methyl sites for hydroxylation is 1. The number of halogens is 1. The van der Waals surface area contributed by atoms with Gasteiger partial charge in [0.1, 0.15) is 5.82 Å². The molecule has 1 aliphatic rings. The monoisotopic (exact) mass is 430 g/mol. The van der Waals surface area contributed by atoms with Gasteiger partial charge in [-0.05, 0) is 53.5 Å². The Hall–Kier alpha value is -1.72. The molecule has 0 aliphatic carbocycles. The first kappa shape index (κ1) is 23.0. The third-order valence-electron chi connectivity index (χ3n) is 6.00. The van der Waals surface area contributed by atoms with E-state index in [0.717, 1.165) is 32.7 Å². The molecule has 2 unspecified atom stereocenters. The summed E-state index contributed by atoms with van der Waals surface area (Å²) in [6.07, 6.45) is 0. The Morgan fingerprint density at radius 1 is 1.17 bits per heavy atom. The topological polar surface area (TPSA) is 23.6 Å². The summed E-state index contributed by atoms with van der Waals surface area (Å²) in [5.41, 5.74) is 2.52. The standard InChI is InChI=1S/C25H35FN2OS/c1-17(2)12-28(25(29)18(3)4)14-21-13-27(16-24-19(5)10-11-30-24)15-23(21)20-6-8-22(26)9-7-20/h6-11,17-18,21,23H,12-16H2,1-5H3. The molecule has 1 saturated heterocycles. The van der Waals surface area contributed by atoms with Gasteiger partial charge in [0.15, 0.2) is 0 Å². The molecule has 1 aliphatic heterocycles. The highest BCUT2D eigenvalue weighted by Gasteiger charge is 2.36. The first-order valence-corrected chi connectivity index (χ1v) is 11.9. The molecule has 1 aromatic heterocycles. The van der Waals surface area contributed by atoms with Crippen LogP contribution in [0.25, 0.3) is 0 Å². The lowest BCUT2D eigenvalue weighted by Crippen LogP contribution is -2.41. The van der Waals surface area contributed by atoms with Crippen LogP contribution in [0.5, 0.6) is 0 Å². The van der Waals surface area contributed by atoms with Crippen LogP contribution in [0, 0.1) is 30.5 Å². The van der Waals surface area contributed by atoms with Crippen molar-refractivity contribution in [2.45, 2.75) is 47.1 Å². The van der Waals surface area contributed by atoms with Crippen LogP contribution in [-0.2, 0) is 11.3 Å². The fourth-order valence-corrected chi connectivity index (χ4v) is 5.42. The molecular weight excluding hydrogens is 395 g/mol. The van der Waals surface area contributed by atoms with Gasteiger partial charge in [0, 0.05) is 49.4 Å². The number of likely N-dealkylation sites (tertiary alicyclic amines) is 1. The Labute approximate surface area is 184 Å². The van der Waals surface area contributed by atoms with Crippen molar-refractivity contribution in [3.63, 3.8) is 0 Å². The molecule has 1 aromatic carbocycles. The van der Waals surface area contributed by atoms with Crippen LogP contribution in [0.3, 0.4) is 0 Å². The smallest absolute Gasteiger partial charge is 0.225 e. The molecule has 3 nitrogen and oxygen atoms in total. The Bertz CT molecular complexity index is 830. The molecule has 2 atom stereocenters. The van der Waals surface area contributed by atoms with E-state index in [4.69, 9.17) is 0 Å². The minimum Gasteiger partial charge on any atom is -0.342 e. The van der Waals surface area contributed by atoms with E-state index in [0.29, 0.717) is 17.8 Å². The summed E-state index contributed by atoms with van der Waals surface area (Å²) in [6, 6.07) is 9.14. The summed E-state index contributed by atoms with van der Waals surface area (Å²) in [6.45, 7) is 14.9. The van der Waals surface area contributed by atoms with Crippen LogP contribution in [0.4, 0.5) is 4.39 Å². The van der Waals surface area contributed by atoms with Crippen molar-refractivity contribution in [2.24, 2.45) is 17.8 Å². The van der Waals surface area contributed by atoms with Crippen LogP contribution >= 0.6 is 11.3 Å². The first-order chi connectivity index (χ1) is 14.2. The lowest BCUT2D eigenvalue weighted by molar-refractivity contribution is -0.135. The van der Waals surface area contributed by atoms with Gasteiger partial charge in [-0.15, -0.1) is 11.3 Å². The zero-order chi connectivity index (χ0) is 21.8. The first-order valence-electron chi connectivity index (χ1n) is 11.0. The Kier molecular flexibility index (Phi) is 7.70. The second-order valence-corrected chi connectivity index (χ2v) is 10.4. The van der Waals surface area contributed by atoms with E-state index in [1.807, 2.05) is 37.3 Å². The molecule has 0 saturated carbocycles. The van der Waals surface area contributed by atoms with Gasteiger partial charge in [-0.25, -0.2) is 4.39 Å². The van der Waals surface area contributed by atoms with E-state index in [1.54, 1.807) is 12.1 Å². The molecule has 2 aromatic rings. The average Bonchev–Trinajstić information content (AvgIpc) is 3.27. The second kappa shape index (κ2) is 10.1. The molecule has 164 valence electrons. The van der Waals surface area contributed by atoms with Gasteiger partial charge < -0.3 is 4.90 Å². The van der Waals surface area contributed by atoms with E-state index in [1.165, 1.54) is 16.0 Å². The molecule has 3 rings (SSSR count). The Balaban J connectivity index is 1.82. The summed E-state index contributed by atoms with van der Waals surface area (Å²) in [4.78, 5) is 18.9. The largest absolute Gasteiger partial charge is 0.342 e. The minimum absolute atomic E-state index is 0.000652. The van der Waals surface area contributed by atoms with Crippen LogP contribution in [0.2, 0.25) is 0 Å². The maximum absolute atomic E-state index is 13.5. The van der Waals surface area contributed by atoms with Gasteiger partial charge in [0.25, 0.3) is 0 Å². The Morgan fingerprint density at radius 2 is 1.87 bits per heavy atom. The predicted molar refractivity (Wildman–Crippen MR) is 123 cm³/mol. The third-order valence-corrected chi connectivity index (χ3v) is 7.00. The number of thiophene rings is 1. The number of carbonyl (C=O) groups excluding carboxylic acids is 1. The zero-order valence-electron chi connectivity index (χ0n) is 18.9. The molecular formula is C25H35FN2OS. The van der Waals surface area contributed by atoms with Gasteiger partial charge in [0.2, 0.25) is 5.91 Å². The fraction of sp³-hybridized carbons (Fsp3) is 0.560. The Morgan fingerprint density at radius 3 is 2.43 bits per heavy atom. The maximum atomic E-state index is 13.5. The SMILES string of the molecule is Cc1ccsc1CN1CC(CN(CC(C)C)C(=O)C(C)C)C(c2ccc(F)cc2)C1. The molecule has 1 amide bonds. The van der Waals surface area contributed by atoms with Crippen molar-refractivity contribution in [2.75, 3.05) is 26.2 Å². The lowest BCUT2D eigenvalue weighted by Gasteiger charge is -2.31. The summed E-state index contributed by atoms with van der Waals surface area (Å²) < 4.78 is 13.5. The highest BCUT2D eigenvalue weighted by Crippen LogP contribution is 2.35. The highest BCUT2D eigenvalue weighted by atomic mass is 32.1. The van der Waals surface area contributed by atoms with Crippen LogP contribution in [0.15, 0.2) is 35.7 Å².